The SMILES string of the molecule is CC1=C(C(=O)OC(C)C)[C@H](c2ccc(Cl)cc2)NC(=O)N1C. The molecule has 0 aromatic heterocycles. The van der Waals surface area contributed by atoms with Crippen LogP contribution in [0.2, 0.25) is 5.02 Å². The van der Waals surface area contributed by atoms with Crippen LogP contribution in [0, 0.1) is 0 Å². The molecular weight excluding hydrogens is 304 g/mol. The number of halogens is 1. The second kappa shape index (κ2) is 6.40. The minimum absolute atomic E-state index is 0.235. The lowest BCUT2D eigenvalue weighted by Gasteiger charge is -2.33. The van der Waals surface area contributed by atoms with Gasteiger partial charge in [-0.25, -0.2) is 9.59 Å². The Morgan fingerprint density at radius 2 is 1.91 bits per heavy atom. The summed E-state index contributed by atoms with van der Waals surface area (Å²) < 4.78 is 5.32. The number of allylic oxidation sites excluding steroid dienone is 1. The first kappa shape index (κ1) is 16.4. The first-order chi connectivity index (χ1) is 10.3. The average Bonchev–Trinajstić information content (AvgIpc) is 2.44. The van der Waals surface area contributed by atoms with E-state index in [0.717, 1.165) is 5.56 Å². The van der Waals surface area contributed by atoms with E-state index in [1.807, 2.05) is 0 Å². The lowest BCUT2D eigenvalue weighted by molar-refractivity contribution is -0.143. The number of amides is 2. The number of urea groups is 1. The van der Waals surface area contributed by atoms with Crippen molar-refractivity contribution in [2.24, 2.45) is 0 Å². The summed E-state index contributed by atoms with van der Waals surface area (Å²) in [7, 11) is 1.62. The second-order valence-electron chi connectivity index (χ2n) is 5.45. The van der Waals surface area contributed by atoms with Crippen molar-refractivity contribution < 1.29 is 14.3 Å². The number of ether oxygens (including phenoxy) is 1. The third kappa shape index (κ3) is 3.25. The Bertz CT molecular complexity index is 623. The highest BCUT2D eigenvalue weighted by Gasteiger charge is 2.35. The van der Waals surface area contributed by atoms with Crippen LogP contribution < -0.4 is 5.32 Å². The minimum Gasteiger partial charge on any atom is -0.459 e. The Balaban J connectivity index is 2.47. The van der Waals surface area contributed by atoms with Crippen LogP contribution in [0.3, 0.4) is 0 Å². The molecule has 1 atom stereocenters. The van der Waals surface area contributed by atoms with Crippen LogP contribution in [0.4, 0.5) is 4.79 Å². The molecule has 22 heavy (non-hydrogen) atoms. The zero-order chi connectivity index (χ0) is 16.4. The van der Waals surface area contributed by atoms with Gasteiger partial charge in [-0.1, -0.05) is 23.7 Å². The number of benzene rings is 1. The van der Waals surface area contributed by atoms with Crippen LogP contribution >= 0.6 is 11.6 Å². The molecule has 1 aromatic carbocycles. The number of carbonyl (C=O) groups excluding carboxylic acids is 2. The monoisotopic (exact) mass is 322 g/mol. The maximum Gasteiger partial charge on any atom is 0.338 e. The van der Waals surface area contributed by atoms with Gasteiger partial charge in [-0.3, -0.25) is 0 Å². The minimum atomic E-state index is -0.549. The number of carbonyl (C=O) groups is 2. The van der Waals surface area contributed by atoms with Gasteiger partial charge in [0, 0.05) is 17.8 Å². The van der Waals surface area contributed by atoms with E-state index in [-0.39, 0.29) is 12.1 Å². The summed E-state index contributed by atoms with van der Waals surface area (Å²) >= 11 is 5.90. The molecule has 0 fully saturated rings. The maximum atomic E-state index is 12.4. The van der Waals surface area contributed by atoms with Crippen molar-refractivity contribution in [1.29, 1.82) is 0 Å². The van der Waals surface area contributed by atoms with Gasteiger partial charge in [0.25, 0.3) is 0 Å². The van der Waals surface area contributed by atoms with Crippen molar-refractivity contribution in [3.05, 3.63) is 46.1 Å². The molecule has 118 valence electrons. The fourth-order valence-corrected chi connectivity index (χ4v) is 2.41. The Morgan fingerprint density at radius 3 is 2.45 bits per heavy atom. The predicted octanol–water partition coefficient (Wildman–Crippen LogP) is 3.26. The number of hydrogen-bond donors (Lipinski definition) is 1. The van der Waals surface area contributed by atoms with Crippen LogP contribution in [-0.4, -0.2) is 30.1 Å². The van der Waals surface area contributed by atoms with E-state index in [9.17, 15) is 9.59 Å². The van der Waals surface area contributed by atoms with Crippen molar-refractivity contribution in [3.63, 3.8) is 0 Å². The zero-order valence-corrected chi connectivity index (χ0v) is 13.8. The Hall–Kier alpha value is -2.01. The number of rotatable bonds is 3. The van der Waals surface area contributed by atoms with Crippen molar-refractivity contribution in [3.8, 4) is 0 Å². The van der Waals surface area contributed by atoms with Crippen LogP contribution in [-0.2, 0) is 9.53 Å². The van der Waals surface area contributed by atoms with Crippen molar-refractivity contribution in [2.75, 3.05) is 7.05 Å². The molecule has 0 saturated carbocycles. The third-order valence-corrected chi connectivity index (χ3v) is 3.77. The molecule has 6 heteroatoms. The normalized spacial score (nSPS) is 18.5. The van der Waals surface area contributed by atoms with Gasteiger partial charge in [0.15, 0.2) is 0 Å². The molecule has 1 aliphatic rings. The third-order valence-electron chi connectivity index (χ3n) is 3.52. The summed E-state index contributed by atoms with van der Waals surface area (Å²) in [5.41, 5.74) is 1.79. The van der Waals surface area contributed by atoms with E-state index in [1.54, 1.807) is 52.1 Å². The first-order valence-corrected chi connectivity index (χ1v) is 7.40. The van der Waals surface area contributed by atoms with Gasteiger partial charge < -0.3 is 15.0 Å². The summed E-state index contributed by atoms with van der Waals surface area (Å²) in [6.07, 6.45) is -0.235. The molecule has 2 rings (SSSR count). The molecule has 1 aromatic rings. The molecule has 0 saturated heterocycles. The van der Waals surface area contributed by atoms with E-state index in [2.05, 4.69) is 5.32 Å². The van der Waals surface area contributed by atoms with E-state index in [1.165, 1.54) is 4.90 Å². The molecule has 0 aliphatic carbocycles. The van der Waals surface area contributed by atoms with E-state index in [4.69, 9.17) is 16.3 Å². The molecule has 1 N–H and O–H groups in total. The van der Waals surface area contributed by atoms with Gasteiger partial charge in [-0.15, -0.1) is 0 Å². The molecule has 0 radical (unpaired) electrons. The van der Waals surface area contributed by atoms with Gasteiger partial charge in [0.1, 0.15) is 0 Å². The van der Waals surface area contributed by atoms with Gasteiger partial charge in [-0.05, 0) is 38.5 Å². The smallest absolute Gasteiger partial charge is 0.338 e. The average molecular weight is 323 g/mol. The van der Waals surface area contributed by atoms with Crippen LogP contribution in [0.25, 0.3) is 0 Å². The molecule has 0 bridgehead atoms. The molecule has 1 aliphatic heterocycles. The summed E-state index contributed by atoms with van der Waals surface area (Å²) in [5.74, 6) is -0.431. The van der Waals surface area contributed by atoms with Gasteiger partial charge >= 0.3 is 12.0 Å². The Morgan fingerprint density at radius 1 is 1.32 bits per heavy atom. The number of hydrogen-bond acceptors (Lipinski definition) is 3. The Kier molecular flexibility index (Phi) is 4.76. The summed E-state index contributed by atoms with van der Waals surface area (Å²) in [6, 6.07) is 6.21. The van der Waals surface area contributed by atoms with E-state index in [0.29, 0.717) is 16.3 Å². The van der Waals surface area contributed by atoms with E-state index >= 15 is 0 Å². The maximum absolute atomic E-state index is 12.4. The van der Waals surface area contributed by atoms with Gasteiger partial charge in [-0.2, -0.15) is 0 Å². The standard InChI is InChI=1S/C16H19ClN2O3/c1-9(2)22-15(20)13-10(3)19(4)16(21)18-14(13)11-5-7-12(17)8-6-11/h5-9,14H,1-4H3,(H,18,21)/t14-/m0/s1. The van der Waals surface area contributed by atoms with Gasteiger partial charge in [0.2, 0.25) is 0 Å². The highest BCUT2D eigenvalue weighted by Crippen LogP contribution is 2.31. The summed E-state index contributed by atoms with van der Waals surface area (Å²) in [6.45, 7) is 5.31. The number of esters is 1. The molecular formula is C16H19ClN2O3. The zero-order valence-electron chi connectivity index (χ0n) is 13.0. The van der Waals surface area contributed by atoms with Crippen molar-refractivity contribution in [1.82, 2.24) is 10.2 Å². The fraction of sp³-hybridized carbons (Fsp3) is 0.375. The van der Waals surface area contributed by atoms with E-state index < -0.39 is 12.0 Å². The predicted molar refractivity (Wildman–Crippen MR) is 84.4 cm³/mol. The molecule has 0 unspecified atom stereocenters. The fourth-order valence-electron chi connectivity index (χ4n) is 2.28. The highest BCUT2D eigenvalue weighted by molar-refractivity contribution is 6.30. The van der Waals surface area contributed by atoms with Crippen LogP contribution in [0.5, 0.6) is 0 Å². The number of nitrogens with zero attached hydrogens (tertiary/aromatic N) is 1. The highest BCUT2D eigenvalue weighted by atomic mass is 35.5. The van der Waals surface area contributed by atoms with Crippen LogP contribution in [0.15, 0.2) is 35.5 Å². The molecule has 0 spiro atoms. The lowest BCUT2D eigenvalue weighted by Crippen LogP contribution is -2.46. The van der Waals surface area contributed by atoms with Crippen molar-refractivity contribution in [2.45, 2.75) is 32.9 Å². The van der Waals surface area contributed by atoms with Crippen LogP contribution in [0.1, 0.15) is 32.4 Å². The Labute approximate surface area is 134 Å². The summed E-state index contributed by atoms with van der Waals surface area (Å²) in [5, 5.41) is 3.41. The topological polar surface area (TPSA) is 58.6 Å². The number of nitrogens with one attached hydrogen (secondary N) is 1. The lowest BCUT2D eigenvalue weighted by atomic mass is 9.95. The van der Waals surface area contributed by atoms with Crippen molar-refractivity contribution >= 4 is 23.6 Å². The summed E-state index contributed by atoms with van der Waals surface area (Å²) in [4.78, 5) is 25.9. The first-order valence-electron chi connectivity index (χ1n) is 7.02. The van der Waals surface area contributed by atoms with Gasteiger partial charge in [0.05, 0.1) is 17.7 Å². The quantitative estimate of drug-likeness (QED) is 0.869. The molecule has 1 heterocycles. The molecule has 2 amide bonds. The molecule has 5 nitrogen and oxygen atoms in total. The second-order valence-corrected chi connectivity index (χ2v) is 5.88. The largest absolute Gasteiger partial charge is 0.459 e.